The van der Waals surface area contributed by atoms with Gasteiger partial charge >= 0.3 is 0 Å². The minimum Gasteiger partial charge on any atom is -0.370 e. The SMILES string of the molecule is CCC(C)c1ccc(NC(N)=NCCCS(=O)(=O)Cc2ccccc2)cc1.I. The molecule has 28 heavy (non-hydrogen) atoms. The van der Waals surface area contributed by atoms with Gasteiger partial charge in [0.25, 0.3) is 0 Å². The molecule has 2 aromatic rings. The molecule has 154 valence electrons. The summed E-state index contributed by atoms with van der Waals surface area (Å²) >= 11 is 0. The van der Waals surface area contributed by atoms with Gasteiger partial charge in [-0.1, -0.05) is 56.3 Å². The molecule has 0 saturated carbocycles. The van der Waals surface area contributed by atoms with Crippen LogP contribution in [0, 0.1) is 0 Å². The maximum absolute atomic E-state index is 12.2. The summed E-state index contributed by atoms with van der Waals surface area (Å²) in [5.41, 5.74) is 8.87. The fourth-order valence-corrected chi connectivity index (χ4v) is 4.12. The van der Waals surface area contributed by atoms with Gasteiger partial charge in [-0.3, -0.25) is 4.99 Å². The molecular formula is C21H30IN3O2S. The van der Waals surface area contributed by atoms with Gasteiger partial charge in [-0.2, -0.15) is 0 Å². The highest BCUT2D eigenvalue weighted by atomic mass is 127. The highest BCUT2D eigenvalue weighted by molar-refractivity contribution is 14.0. The van der Waals surface area contributed by atoms with Crippen molar-refractivity contribution in [2.45, 2.75) is 38.4 Å². The summed E-state index contributed by atoms with van der Waals surface area (Å²) in [6, 6.07) is 17.3. The van der Waals surface area contributed by atoms with E-state index in [4.69, 9.17) is 5.73 Å². The number of guanidine groups is 1. The van der Waals surface area contributed by atoms with Crippen LogP contribution in [0.3, 0.4) is 0 Å². The Kier molecular flexibility index (Phi) is 10.5. The van der Waals surface area contributed by atoms with Crippen LogP contribution in [0.15, 0.2) is 59.6 Å². The van der Waals surface area contributed by atoms with Gasteiger partial charge in [-0.25, -0.2) is 8.42 Å². The standard InChI is InChI=1S/C21H29N3O2S.HI/c1-3-17(2)19-10-12-20(13-11-19)24-21(22)23-14-7-15-27(25,26)16-18-8-5-4-6-9-18;/h4-6,8-13,17H,3,7,14-16H2,1-2H3,(H3,22,23,24);1H. The Morgan fingerprint density at radius 2 is 1.75 bits per heavy atom. The molecule has 0 amide bonds. The lowest BCUT2D eigenvalue weighted by atomic mass is 9.99. The van der Waals surface area contributed by atoms with Crippen molar-refractivity contribution in [2.24, 2.45) is 10.7 Å². The maximum Gasteiger partial charge on any atom is 0.193 e. The van der Waals surface area contributed by atoms with Crippen molar-refractivity contribution in [3.05, 3.63) is 65.7 Å². The zero-order chi connectivity index (χ0) is 19.7. The summed E-state index contributed by atoms with van der Waals surface area (Å²) < 4.78 is 24.3. The minimum atomic E-state index is -3.14. The van der Waals surface area contributed by atoms with Crippen molar-refractivity contribution >= 4 is 45.5 Å². The molecule has 0 heterocycles. The predicted molar refractivity (Wildman–Crippen MR) is 129 cm³/mol. The zero-order valence-electron chi connectivity index (χ0n) is 16.5. The molecule has 0 aliphatic carbocycles. The number of benzene rings is 2. The van der Waals surface area contributed by atoms with E-state index in [1.807, 2.05) is 42.5 Å². The average Bonchev–Trinajstić information content (AvgIpc) is 2.66. The summed E-state index contributed by atoms with van der Waals surface area (Å²) in [4.78, 5) is 4.22. The van der Waals surface area contributed by atoms with Crippen LogP contribution < -0.4 is 11.1 Å². The normalized spacial score (nSPS) is 12.9. The molecule has 0 aliphatic rings. The fraction of sp³-hybridized carbons (Fsp3) is 0.381. The summed E-state index contributed by atoms with van der Waals surface area (Å²) in [5.74, 6) is 0.991. The van der Waals surface area contributed by atoms with Crippen LogP contribution in [0.2, 0.25) is 0 Å². The number of nitrogens with two attached hydrogens (primary N) is 1. The number of hydrogen-bond donors (Lipinski definition) is 2. The average molecular weight is 515 g/mol. The lowest BCUT2D eigenvalue weighted by molar-refractivity contribution is 0.593. The molecule has 7 heteroatoms. The minimum absolute atomic E-state index is 0. The lowest BCUT2D eigenvalue weighted by Crippen LogP contribution is -2.23. The highest BCUT2D eigenvalue weighted by Gasteiger charge is 2.11. The Hall–Kier alpha value is -1.61. The molecule has 0 aliphatic heterocycles. The van der Waals surface area contributed by atoms with E-state index in [-0.39, 0.29) is 35.5 Å². The molecule has 3 N–H and O–H groups in total. The van der Waals surface area contributed by atoms with Crippen LogP contribution in [0.25, 0.3) is 0 Å². The van der Waals surface area contributed by atoms with Gasteiger partial charge in [0, 0.05) is 12.2 Å². The number of rotatable bonds is 9. The number of hydrogen-bond acceptors (Lipinski definition) is 3. The maximum atomic E-state index is 12.2. The number of anilines is 1. The van der Waals surface area contributed by atoms with E-state index in [1.165, 1.54) is 5.56 Å². The van der Waals surface area contributed by atoms with E-state index < -0.39 is 9.84 Å². The Balaban J connectivity index is 0.00000392. The van der Waals surface area contributed by atoms with Crippen molar-refractivity contribution in [2.75, 3.05) is 17.6 Å². The second-order valence-corrected chi connectivity index (χ2v) is 8.94. The van der Waals surface area contributed by atoms with Gasteiger partial charge in [-0.05, 0) is 42.0 Å². The van der Waals surface area contributed by atoms with E-state index >= 15 is 0 Å². The van der Waals surface area contributed by atoms with Gasteiger partial charge in [0.1, 0.15) is 0 Å². The third-order valence-electron chi connectivity index (χ3n) is 4.49. The van der Waals surface area contributed by atoms with Crippen LogP contribution in [0.1, 0.15) is 43.7 Å². The van der Waals surface area contributed by atoms with Gasteiger partial charge < -0.3 is 11.1 Å². The summed E-state index contributed by atoms with van der Waals surface area (Å²) in [6.07, 6.45) is 1.55. The molecule has 0 spiro atoms. The summed E-state index contributed by atoms with van der Waals surface area (Å²) in [6.45, 7) is 4.74. The van der Waals surface area contributed by atoms with Gasteiger partial charge in [-0.15, -0.1) is 24.0 Å². The largest absolute Gasteiger partial charge is 0.370 e. The van der Waals surface area contributed by atoms with E-state index in [2.05, 4.69) is 36.3 Å². The van der Waals surface area contributed by atoms with E-state index in [0.717, 1.165) is 17.7 Å². The van der Waals surface area contributed by atoms with Crippen LogP contribution in [-0.4, -0.2) is 26.7 Å². The number of nitrogens with zero attached hydrogens (tertiary/aromatic N) is 1. The molecule has 0 fully saturated rings. The molecular weight excluding hydrogens is 485 g/mol. The smallest absolute Gasteiger partial charge is 0.193 e. The number of aliphatic imine (C=N–C) groups is 1. The fourth-order valence-electron chi connectivity index (χ4n) is 2.70. The van der Waals surface area contributed by atoms with E-state index in [9.17, 15) is 8.42 Å². The van der Waals surface area contributed by atoms with Gasteiger partial charge in [0.05, 0.1) is 11.5 Å². The molecule has 1 atom stereocenters. The van der Waals surface area contributed by atoms with E-state index in [1.54, 1.807) is 0 Å². The van der Waals surface area contributed by atoms with Crippen LogP contribution >= 0.6 is 24.0 Å². The summed E-state index contributed by atoms with van der Waals surface area (Å²) in [7, 11) is -3.14. The van der Waals surface area contributed by atoms with Crippen molar-refractivity contribution < 1.29 is 8.42 Å². The first kappa shape index (κ1) is 24.4. The highest BCUT2D eigenvalue weighted by Crippen LogP contribution is 2.20. The third kappa shape index (κ3) is 8.60. The molecule has 0 radical (unpaired) electrons. The first-order chi connectivity index (χ1) is 12.9. The first-order valence-corrected chi connectivity index (χ1v) is 11.1. The molecule has 1 unspecified atom stereocenters. The van der Waals surface area contributed by atoms with Crippen LogP contribution in [0.5, 0.6) is 0 Å². The van der Waals surface area contributed by atoms with Gasteiger partial charge in [0.15, 0.2) is 15.8 Å². The molecule has 0 aromatic heterocycles. The Morgan fingerprint density at radius 3 is 2.36 bits per heavy atom. The molecule has 5 nitrogen and oxygen atoms in total. The first-order valence-electron chi connectivity index (χ1n) is 9.31. The number of nitrogens with one attached hydrogen (secondary N) is 1. The second-order valence-electron chi connectivity index (χ2n) is 6.75. The lowest BCUT2D eigenvalue weighted by Gasteiger charge is -2.11. The van der Waals surface area contributed by atoms with E-state index in [0.29, 0.717) is 24.8 Å². The molecule has 0 saturated heterocycles. The Morgan fingerprint density at radius 1 is 1.11 bits per heavy atom. The monoisotopic (exact) mass is 515 g/mol. The third-order valence-corrected chi connectivity index (χ3v) is 6.17. The van der Waals surface area contributed by atoms with Crippen molar-refractivity contribution in [3.63, 3.8) is 0 Å². The van der Waals surface area contributed by atoms with Crippen LogP contribution in [-0.2, 0) is 15.6 Å². The van der Waals surface area contributed by atoms with Gasteiger partial charge in [0.2, 0.25) is 0 Å². The predicted octanol–water partition coefficient (Wildman–Crippen LogP) is 4.55. The molecule has 0 bridgehead atoms. The summed E-state index contributed by atoms with van der Waals surface area (Å²) in [5, 5.41) is 3.04. The quantitative estimate of drug-likeness (QED) is 0.222. The zero-order valence-corrected chi connectivity index (χ0v) is 19.6. The van der Waals surface area contributed by atoms with Crippen LogP contribution in [0.4, 0.5) is 5.69 Å². The Bertz CT molecular complexity index is 838. The van der Waals surface area contributed by atoms with Crippen molar-refractivity contribution in [1.29, 1.82) is 0 Å². The number of halogens is 1. The van der Waals surface area contributed by atoms with Crippen molar-refractivity contribution in [1.82, 2.24) is 0 Å². The Labute approximate surface area is 185 Å². The topological polar surface area (TPSA) is 84.5 Å². The second kappa shape index (κ2) is 12.1. The molecule has 2 aromatic carbocycles. The molecule has 2 rings (SSSR count). The number of sulfone groups is 1. The van der Waals surface area contributed by atoms with Crippen molar-refractivity contribution in [3.8, 4) is 0 Å².